The number of aromatic nitrogens is 1. The lowest BCUT2D eigenvalue weighted by molar-refractivity contribution is -0.137. The molecular formula is C15H15F3N4O2S. The molecule has 1 heterocycles. The van der Waals surface area contributed by atoms with Crippen LogP contribution in [0.1, 0.15) is 16.0 Å². The summed E-state index contributed by atoms with van der Waals surface area (Å²) >= 11 is 1.20. The fourth-order valence-electron chi connectivity index (χ4n) is 1.87. The van der Waals surface area contributed by atoms with Gasteiger partial charge in [0.25, 0.3) is 0 Å². The quantitative estimate of drug-likeness (QED) is 0.720. The standard InChI is InChI=1S/C15H15F3N4O2S/c16-15(17,18)10-3-1-9(2-4-10)5-11-7-21-14(25-11)22-13(24)8-20-12(23)6-19/h1-4,7H,5-6,8,19H2,(H,20,23)(H,21,22,24). The van der Waals surface area contributed by atoms with Crippen LogP contribution in [-0.4, -0.2) is 29.9 Å². The molecule has 0 fully saturated rings. The number of rotatable bonds is 6. The lowest BCUT2D eigenvalue weighted by Crippen LogP contribution is -2.36. The third-order valence-electron chi connectivity index (χ3n) is 3.09. The van der Waals surface area contributed by atoms with Crippen molar-refractivity contribution in [2.24, 2.45) is 5.73 Å². The molecular weight excluding hydrogens is 357 g/mol. The summed E-state index contributed by atoms with van der Waals surface area (Å²) in [5.74, 6) is -0.894. The predicted molar refractivity (Wildman–Crippen MR) is 87.1 cm³/mol. The Kier molecular flexibility index (Phi) is 6.10. The molecule has 1 aromatic carbocycles. The number of nitrogens with zero attached hydrogens (tertiary/aromatic N) is 1. The molecule has 0 aliphatic heterocycles. The molecule has 0 saturated heterocycles. The summed E-state index contributed by atoms with van der Waals surface area (Å²) in [6, 6.07) is 4.87. The number of nitrogens with two attached hydrogens (primary N) is 1. The fourth-order valence-corrected chi connectivity index (χ4v) is 2.74. The van der Waals surface area contributed by atoms with Gasteiger partial charge in [0.05, 0.1) is 18.7 Å². The van der Waals surface area contributed by atoms with Crippen molar-refractivity contribution in [2.45, 2.75) is 12.6 Å². The molecule has 2 aromatic rings. The molecule has 0 bridgehead atoms. The van der Waals surface area contributed by atoms with E-state index in [4.69, 9.17) is 5.73 Å². The largest absolute Gasteiger partial charge is 0.416 e. The molecule has 0 saturated carbocycles. The molecule has 134 valence electrons. The topological polar surface area (TPSA) is 97.1 Å². The van der Waals surface area contributed by atoms with Gasteiger partial charge in [0.15, 0.2) is 5.13 Å². The zero-order chi connectivity index (χ0) is 18.4. The number of anilines is 1. The number of nitrogens with one attached hydrogen (secondary N) is 2. The molecule has 0 aliphatic carbocycles. The molecule has 2 amide bonds. The second-order valence-corrected chi connectivity index (χ2v) is 6.15. The summed E-state index contributed by atoms with van der Waals surface area (Å²) in [7, 11) is 0. The first-order valence-electron chi connectivity index (χ1n) is 7.15. The third-order valence-corrected chi connectivity index (χ3v) is 4.00. The maximum atomic E-state index is 12.5. The molecule has 1 aromatic heterocycles. The maximum Gasteiger partial charge on any atom is 0.416 e. The summed E-state index contributed by atoms with van der Waals surface area (Å²) in [5.41, 5.74) is 5.10. The van der Waals surface area contributed by atoms with Crippen molar-refractivity contribution < 1.29 is 22.8 Å². The molecule has 0 aliphatic rings. The van der Waals surface area contributed by atoms with E-state index in [0.717, 1.165) is 17.0 Å². The number of hydrogen-bond donors (Lipinski definition) is 3. The highest BCUT2D eigenvalue weighted by molar-refractivity contribution is 7.15. The van der Waals surface area contributed by atoms with Crippen molar-refractivity contribution in [1.82, 2.24) is 10.3 Å². The average Bonchev–Trinajstić information content (AvgIpc) is 2.99. The van der Waals surface area contributed by atoms with Gasteiger partial charge in [0, 0.05) is 17.5 Å². The Bertz CT molecular complexity index is 744. The average molecular weight is 372 g/mol. The van der Waals surface area contributed by atoms with Crippen LogP contribution in [0, 0.1) is 0 Å². The van der Waals surface area contributed by atoms with Gasteiger partial charge in [-0.2, -0.15) is 13.2 Å². The highest BCUT2D eigenvalue weighted by Crippen LogP contribution is 2.29. The van der Waals surface area contributed by atoms with Crippen LogP contribution in [0.3, 0.4) is 0 Å². The van der Waals surface area contributed by atoms with Crippen LogP contribution >= 0.6 is 11.3 Å². The maximum absolute atomic E-state index is 12.5. The zero-order valence-corrected chi connectivity index (χ0v) is 13.7. The monoisotopic (exact) mass is 372 g/mol. The van der Waals surface area contributed by atoms with Gasteiger partial charge in [-0.05, 0) is 17.7 Å². The highest BCUT2D eigenvalue weighted by atomic mass is 32.1. The van der Waals surface area contributed by atoms with Crippen LogP contribution in [0.2, 0.25) is 0 Å². The summed E-state index contributed by atoms with van der Waals surface area (Å²) in [6.07, 6.45) is -2.42. The van der Waals surface area contributed by atoms with E-state index in [0.29, 0.717) is 17.1 Å². The number of hydrogen-bond acceptors (Lipinski definition) is 5. The van der Waals surface area contributed by atoms with Crippen molar-refractivity contribution in [1.29, 1.82) is 0 Å². The molecule has 2 rings (SSSR count). The smallest absolute Gasteiger partial charge is 0.346 e. The summed E-state index contributed by atoms with van der Waals surface area (Å²) < 4.78 is 37.6. The summed E-state index contributed by atoms with van der Waals surface area (Å²) in [4.78, 5) is 27.4. The van der Waals surface area contributed by atoms with Crippen LogP contribution < -0.4 is 16.4 Å². The van der Waals surface area contributed by atoms with Crippen molar-refractivity contribution in [3.8, 4) is 0 Å². The number of thiazole rings is 1. The van der Waals surface area contributed by atoms with Gasteiger partial charge in [-0.25, -0.2) is 4.98 Å². The lowest BCUT2D eigenvalue weighted by atomic mass is 10.1. The fraction of sp³-hybridized carbons (Fsp3) is 0.267. The third kappa shape index (κ3) is 5.84. The molecule has 6 nitrogen and oxygen atoms in total. The van der Waals surface area contributed by atoms with Gasteiger partial charge in [0.1, 0.15) is 0 Å². The van der Waals surface area contributed by atoms with Crippen LogP contribution in [-0.2, 0) is 22.2 Å². The van der Waals surface area contributed by atoms with Crippen LogP contribution in [0.5, 0.6) is 0 Å². The van der Waals surface area contributed by atoms with Gasteiger partial charge in [0.2, 0.25) is 11.8 Å². The molecule has 0 radical (unpaired) electrons. The first-order chi connectivity index (χ1) is 11.8. The van der Waals surface area contributed by atoms with E-state index in [1.165, 1.54) is 29.7 Å². The second kappa shape index (κ2) is 8.08. The minimum Gasteiger partial charge on any atom is -0.346 e. The van der Waals surface area contributed by atoms with Crippen LogP contribution in [0.25, 0.3) is 0 Å². The van der Waals surface area contributed by atoms with Gasteiger partial charge in [-0.15, -0.1) is 11.3 Å². The van der Waals surface area contributed by atoms with Gasteiger partial charge < -0.3 is 16.4 Å². The van der Waals surface area contributed by atoms with Crippen molar-refractivity contribution in [3.05, 3.63) is 46.5 Å². The van der Waals surface area contributed by atoms with E-state index >= 15 is 0 Å². The van der Waals surface area contributed by atoms with Crippen LogP contribution in [0.15, 0.2) is 30.5 Å². The Morgan fingerprint density at radius 3 is 2.44 bits per heavy atom. The minimum atomic E-state index is -4.36. The number of alkyl halides is 3. The Hall–Kier alpha value is -2.46. The molecule has 10 heteroatoms. The van der Waals surface area contributed by atoms with Crippen LogP contribution in [0.4, 0.5) is 18.3 Å². The number of benzene rings is 1. The summed E-state index contributed by atoms with van der Waals surface area (Å²) in [5, 5.41) is 5.19. The Labute approximate surface area is 145 Å². The van der Waals surface area contributed by atoms with Crippen molar-refractivity contribution in [2.75, 3.05) is 18.4 Å². The first kappa shape index (κ1) is 18.9. The first-order valence-corrected chi connectivity index (χ1v) is 7.97. The molecule has 0 unspecified atom stereocenters. The Morgan fingerprint density at radius 2 is 1.84 bits per heavy atom. The summed E-state index contributed by atoms with van der Waals surface area (Å²) in [6.45, 7) is -0.425. The van der Waals surface area contributed by atoms with Gasteiger partial charge in [-0.3, -0.25) is 9.59 Å². The lowest BCUT2D eigenvalue weighted by Gasteiger charge is -2.06. The van der Waals surface area contributed by atoms with E-state index in [-0.39, 0.29) is 13.1 Å². The molecule has 4 N–H and O–H groups in total. The normalized spacial score (nSPS) is 11.2. The van der Waals surface area contributed by atoms with Gasteiger partial charge >= 0.3 is 6.18 Å². The number of carbonyl (C=O) groups is 2. The number of carbonyl (C=O) groups excluding carboxylic acids is 2. The molecule has 25 heavy (non-hydrogen) atoms. The number of halogens is 3. The molecule has 0 spiro atoms. The highest BCUT2D eigenvalue weighted by Gasteiger charge is 2.29. The Balaban J connectivity index is 1.91. The van der Waals surface area contributed by atoms with E-state index < -0.39 is 23.6 Å². The van der Waals surface area contributed by atoms with E-state index in [9.17, 15) is 22.8 Å². The number of amides is 2. The van der Waals surface area contributed by atoms with E-state index in [1.807, 2.05) is 0 Å². The van der Waals surface area contributed by atoms with Gasteiger partial charge in [-0.1, -0.05) is 12.1 Å². The second-order valence-electron chi connectivity index (χ2n) is 5.03. The Morgan fingerprint density at radius 1 is 1.16 bits per heavy atom. The van der Waals surface area contributed by atoms with E-state index in [1.54, 1.807) is 0 Å². The van der Waals surface area contributed by atoms with E-state index in [2.05, 4.69) is 15.6 Å². The SMILES string of the molecule is NCC(=O)NCC(=O)Nc1ncc(Cc2ccc(C(F)(F)F)cc2)s1. The van der Waals surface area contributed by atoms with Crippen molar-refractivity contribution >= 4 is 28.3 Å². The molecule has 0 atom stereocenters. The zero-order valence-electron chi connectivity index (χ0n) is 12.9. The predicted octanol–water partition coefficient (Wildman–Crippen LogP) is 1.77. The minimum absolute atomic E-state index is 0.207. The van der Waals surface area contributed by atoms with Crippen molar-refractivity contribution in [3.63, 3.8) is 0 Å².